The molecule has 0 aromatic heterocycles. The van der Waals surface area contributed by atoms with Crippen LogP contribution in [0.3, 0.4) is 0 Å². The maximum atomic E-state index is 12.2. The van der Waals surface area contributed by atoms with Crippen LogP contribution in [0.2, 0.25) is 0 Å². The summed E-state index contributed by atoms with van der Waals surface area (Å²) in [7, 11) is 0. The first kappa shape index (κ1) is 17.3. The number of carbonyl (C=O) groups is 1. The summed E-state index contributed by atoms with van der Waals surface area (Å²) < 4.78 is 5.40. The van der Waals surface area contributed by atoms with Gasteiger partial charge in [0.1, 0.15) is 0 Å². The molecule has 3 rings (SSSR count). The smallest absolute Gasteiger partial charge is 0.221 e. The molecule has 1 saturated heterocycles. The summed E-state index contributed by atoms with van der Waals surface area (Å²) in [6.45, 7) is 2.23. The molecular formula is C17H25ClN2O2. The molecule has 1 heterocycles. The lowest BCUT2D eigenvalue weighted by atomic mass is 10.0. The number of ether oxygens (including phenoxy) is 1. The Morgan fingerprint density at radius 1 is 1.32 bits per heavy atom. The fourth-order valence-electron chi connectivity index (χ4n) is 2.94. The topological polar surface area (TPSA) is 50.4 Å². The highest BCUT2D eigenvalue weighted by atomic mass is 35.5. The Bertz CT molecular complexity index is 459. The summed E-state index contributed by atoms with van der Waals surface area (Å²) in [5.74, 6) is 0.801. The van der Waals surface area contributed by atoms with Gasteiger partial charge in [-0.25, -0.2) is 0 Å². The second-order valence-corrected chi connectivity index (χ2v) is 6.13. The molecule has 2 fully saturated rings. The van der Waals surface area contributed by atoms with Crippen LogP contribution in [0.5, 0.6) is 0 Å². The Labute approximate surface area is 138 Å². The van der Waals surface area contributed by atoms with E-state index >= 15 is 0 Å². The number of nitrogens with one attached hydrogen (secondary N) is 2. The van der Waals surface area contributed by atoms with Crippen molar-refractivity contribution in [3.63, 3.8) is 0 Å². The lowest BCUT2D eigenvalue weighted by Gasteiger charge is -2.25. The van der Waals surface area contributed by atoms with Crippen LogP contribution < -0.4 is 10.6 Å². The Hall–Kier alpha value is -1.10. The molecule has 122 valence electrons. The van der Waals surface area contributed by atoms with E-state index in [2.05, 4.69) is 34.9 Å². The van der Waals surface area contributed by atoms with Crippen molar-refractivity contribution in [2.75, 3.05) is 19.8 Å². The number of hydrogen-bond acceptors (Lipinski definition) is 3. The molecule has 0 bridgehead atoms. The second-order valence-electron chi connectivity index (χ2n) is 6.13. The quantitative estimate of drug-likeness (QED) is 0.840. The Morgan fingerprint density at radius 3 is 2.73 bits per heavy atom. The molecule has 4 nitrogen and oxygen atoms in total. The molecule has 22 heavy (non-hydrogen) atoms. The highest BCUT2D eigenvalue weighted by Crippen LogP contribution is 2.34. The van der Waals surface area contributed by atoms with Crippen molar-refractivity contribution in [2.24, 2.45) is 5.92 Å². The van der Waals surface area contributed by atoms with Crippen LogP contribution in [0, 0.1) is 5.92 Å². The molecule has 1 aromatic carbocycles. The van der Waals surface area contributed by atoms with Gasteiger partial charge in [-0.05, 0) is 30.7 Å². The van der Waals surface area contributed by atoms with Crippen LogP contribution >= 0.6 is 12.4 Å². The van der Waals surface area contributed by atoms with Gasteiger partial charge in [0.2, 0.25) is 5.91 Å². The standard InChI is InChI=1S/C17H24N2O2.ClH/c20-17(11-15-12-21-9-8-18-15)19-16(14-6-7-14)10-13-4-2-1-3-5-13;/h1-5,14-16,18H,6-12H2,(H,19,20);1H. The summed E-state index contributed by atoms with van der Waals surface area (Å²) in [5, 5.41) is 6.57. The van der Waals surface area contributed by atoms with E-state index in [9.17, 15) is 4.79 Å². The van der Waals surface area contributed by atoms with Gasteiger partial charge in [-0.1, -0.05) is 30.3 Å². The molecule has 0 spiro atoms. The maximum Gasteiger partial charge on any atom is 0.221 e. The molecule has 0 radical (unpaired) electrons. The average molecular weight is 325 g/mol. The molecule has 1 saturated carbocycles. The first-order valence-corrected chi connectivity index (χ1v) is 7.95. The van der Waals surface area contributed by atoms with Crippen molar-refractivity contribution in [2.45, 2.75) is 37.8 Å². The fraction of sp³-hybridized carbons (Fsp3) is 0.588. The number of hydrogen-bond donors (Lipinski definition) is 2. The van der Waals surface area contributed by atoms with E-state index < -0.39 is 0 Å². The Kier molecular flexibility index (Phi) is 6.68. The third kappa shape index (κ3) is 5.27. The SMILES string of the molecule is Cl.O=C(CC1COCCN1)NC(Cc1ccccc1)C1CC1. The summed E-state index contributed by atoms with van der Waals surface area (Å²) >= 11 is 0. The van der Waals surface area contributed by atoms with E-state index in [-0.39, 0.29) is 30.4 Å². The summed E-state index contributed by atoms with van der Waals surface area (Å²) in [4.78, 5) is 12.2. The number of carbonyl (C=O) groups excluding carboxylic acids is 1. The third-order valence-corrected chi connectivity index (χ3v) is 4.27. The molecule has 2 N–H and O–H groups in total. The summed E-state index contributed by atoms with van der Waals surface area (Å²) in [6.07, 6.45) is 3.93. The van der Waals surface area contributed by atoms with Crippen LogP contribution in [0.4, 0.5) is 0 Å². The summed E-state index contributed by atoms with van der Waals surface area (Å²) in [5.41, 5.74) is 1.30. The number of rotatable bonds is 6. The molecule has 2 aliphatic rings. The van der Waals surface area contributed by atoms with Gasteiger partial charge in [0.15, 0.2) is 0 Å². The van der Waals surface area contributed by atoms with Crippen molar-refractivity contribution in [3.8, 4) is 0 Å². The minimum absolute atomic E-state index is 0. The van der Waals surface area contributed by atoms with Gasteiger partial charge in [-0.2, -0.15) is 0 Å². The van der Waals surface area contributed by atoms with Crippen LogP contribution in [0.15, 0.2) is 30.3 Å². The van der Waals surface area contributed by atoms with Gasteiger partial charge in [0, 0.05) is 25.0 Å². The fourth-order valence-corrected chi connectivity index (χ4v) is 2.94. The number of amides is 1. The lowest BCUT2D eigenvalue weighted by Crippen LogP contribution is -2.46. The van der Waals surface area contributed by atoms with E-state index in [4.69, 9.17) is 4.74 Å². The zero-order valence-electron chi connectivity index (χ0n) is 12.8. The zero-order valence-corrected chi connectivity index (χ0v) is 13.6. The second kappa shape index (κ2) is 8.51. The van der Waals surface area contributed by atoms with Crippen LogP contribution in [0.1, 0.15) is 24.8 Å². The van der Waals surface area contributed by atoms with E-state index in [0.717, 1.165) is 19.6 Å². The summed E-state index contributed by atoms with van der Waals surface area (Å²) in [6, 6.07) is 10.9. The number of halogens is 1. The molecule has 1 amide bonds. The molecule has 1 aliphatic heterocycles. The van der Waals surface area contributed by atoms with Crippen molar-refractivity contribution >= 4 is 18.3 Å². The Morgan fingerprint density at radius 2 is 2.09 bits per heavy atom. The zero-order chi connectivity index (χ0) is 14.5. The maximum absolute atomic E-state index is 12.2. The lowest BCUT2D eigenvalue weighted by molar-refractivity contribution is -0.123. The van der Waals surface area contributed by atoms with Gasteiger partial charge < -0.3 is 15.4 Å². The normalized spacial score (nSPS) is 22.5. The predicted molar refractivity (Wildman–Crippen MR) is 89.3 cm³/mol. The minimum Gasteiger partial charge on any atom is -0.378 e. The molecule has 2 unspecified atom stereocenters. The minimum atomic E-state index is 0. The van der Waals surface area contributed by atoms with Crippen LogP contribution in [0.25, 0.3) is 0 Å². The van der Waals surface area contributed by atoms with Crippen molar-refractivity contribution in [1.29, 1.82) is 0 Å². The first-order chi connectivity index (χ1) is 10.3. The number of benzene rings is 1. The monoisotopic (exact) mass is 324 g/mol. The Balaban J connectivity index is 0.00000176. The van der Waals surface area contributed by atoms with Gasteiger partial charge in [-0.3, -0.25) is 4.79 Å². The highest BCUT2D eigenvalue weighted by Gasteiger charge is 2.32. The molecule has 2 atom stereocenters. The van der Waals surface area contributed by atoms with Gasteiger partial charge in [0.05, 0.1) is 13.2 Å². The third-order valence-electron chi connectivity index (χ3n) is 4.27. The largest absolute Gasteiger partial charge is 0.378 e. The van der Waals surface area contributed by atoms with E-state index in [1.807, 2.05) is 6.07 Å². The van der Waals surface area contributed by atoms with Gasteiger partial charge in [-0.15, -0.1) is 12.4 Å². The highest BCUT2D eigenvalue weighted by molar-refractivity contribution is 5.85. The molecule has 1 aliphatic carbocycles. The van der Waals surface area contributed by atoms with E-state index in [1.54, 1.807) is 0 Å². The van der Waals surface area contributed by atoms with E-state index in [1.165, 1.54) is 18.4 Å². The molecule has 5 heteroatoms. The molecule has 1 aromatic rings. The number of morpholine rings is 1. The van der Waals surface area contributed by atoms with Crippen molar-refractivity contribution in [1.82, 2.24) is 10.6 Å². The van der Waals surface area contributed by atoms with E-state index in [0.29, 0.717) is 18.9 Å². The average Bonchev–Trinajstić information content (AvgIpc) is 3.33. The van der Waals surface area contributed by atoms with Crippen LogP contribution in [-0.4, -0.2) is 37.7 Å². The first-order valence-electron chi connectivity index (χ1n) is 7.95. The van der Waals surface area contributed by atoms with Crippen molar-refractivity contribution in [3.05, 3.63) is 35.9 Å². The van der Waals surface area contributed by atoms with Gasteiger partial charge in [0.25, 0.3) is 0 Å². The van der Waals surface area contributed by atoms with Crippen LogP contribution in [-0.2, 0) is 16.0 Å². The molecular weight excluding hydrogens is 300 g/mol. The van der Waals surface area contributed by atoms with Gasteiger partial charge >= 0.3 is 0 Å². The van der Waals surface area contributed by atoms with Crippen molar-refractivity contribution < 1.29 is 9.53 Å². The predicted octanol–water partition coefficient (Wildman–Crippen LogP) is 1.92.